The Kier molecular flexibility index (Phi) is 5.22. The van der Waals surface area contributed by atoms with Crippen molar-refractivity contribution < 1.29 is 14.3 Å². The van der Waals surface area contributed by atoms with E-state index in [2.05, 4.69) is 11.1 Å². The van der Waals surface area contributed by atoms with Crippen LogP contribution in [0.3, 0.4) is 0 Å². The SMILES string of the molecule is O=C1C(=CCC2CCCC2)COc2ccc(OCc3ccc4ccccc4n3)cc21. The van der Waals surface area contributed by atoms with E-state index in [1.54, 1.807) is 6.07 Å². The Labute approximate surface area is 176 Å². The fraction of sp³-hybridized carbons (Fsp3) is 0.308. The van der Waals surface area contributed by atoms with Gasteiger partial charge in [-0.05, 0) is 42.7 Å². The highest BCUT2D eigenvalue weighted by Gasteiger charge is 2.24. The summed E-state index contributed by atoms with van der Waals surface area (Å²) in [4.78, 5) is 17.6. The second-order valence-electron chi connectivity index (χ2n) is 8.18. The molecule has 0 N–H and O–H groups in total. The number of fused-ring (bicyclic) bond motifs is 2. The monoisotopic (exact) mass is 399 g/mol. The number of rotatable bonds is 5. The maximum atomic E-state index is 13.0. The van der Waals surface area contributed by atoms with Gasteiger partial charge in [0.15, 0.2) is 5.78 Å². The molecule has 152 valence electrons. The van der Waals surface area contributed by atoms with Crippen molar-refractivity contribution in [3.05, 3.63) is 77.5 Å². The molecule has 0 unspecified atom stereocenters. The molecule has 1 aliphatic heterocycles. The molecule has 30 heavy (non-hydrogen) atoms. The van der Waals surface area contributed by atoms with Crippen molar-refractivity contribution in [3.8, 4) is 11.5 Å². The molecule has 4 heteroatoms. The third-order valence-electron chi connectivity index (χ3n) is 6.09. The number of hydrogen-bond donors (Lipinski definition) is 0. The molecule has 0 spiro atoms. The first-order valence-electron chi connectivity index (χ1n) is 10.7. The van der Waals surface area contributed by atoms with Crippen LogP contribution in [0.2, 0.25) is 0 Å². The number of ether oxygens (including phenoxy) is 2. The van der Waals surface area contributed by atoms with Crippen molar-refractivity contribution in [1.29, 1.82) is 0 Å². The summed E-state index contributed by atoms with van der Waals surface area (Å²) in [6.07, 6.45) is 8.24. The van der Waals surface area contributed by atoms with Crippen LogP contribution in [0, 0.1) is 5.92 Å². The molecule has 0 bridgehead atoms. The Morgan fingerprint density at radius 2 is 1.93 bits per heavy atom. The number of hydrogen-bond acceptors (Lipinski definition) is 4. The number of pyridine rings is 1. The van der Waals surface area contributed by atoms with Gasteiger partial charge in [0, 0.05) is 11.0 Å². The van der Waals surface area contributed by atoms with Gasteiger partial charge in [0.05, 0.1) is 16.8 Å². The zero-order chi connectivity index (χ0) is 20.3. The minimum Gasteiger partial charge on any atom is -0.488 e. The van der Waals surface area contributed by atoms with Gasteiger partial charge in [0.25, 0.3) is 0 Å². The Morgan fingerprint density at radius 1 is 1.07 bits per heavy atom. The maximum Gasteiger partial charge on any atom is 0.195 e. The molecule has 2 aromatic carbocycles. The Morgan fingerprint density at radius 3 is 2.83 bits per heavy atom. The topological polar surface area (TPSA) is 48.4 Å². The molecule has 2 aliphatic rings. The van der Waals surface area contributed by atoms with Crippen LogP contribution in [0.25, 0.3) is 10.9 Å². The molecule has 1 saturated carbocycles. The van der Waals surface area contributed by atoms with Gasteiger partial charge < -0.3 is 9.47 Å². The summed E-state index contributed by atoms with van der Waals surface area (Å²) in [7, 11) is 0. The van der Waals surface area contributed by atoms with Crippen molar-refractivity contribution in [2.75, 3.05) is 6.61 Å². The van der Waals surface area contributed by atoms with Crippen LogP contribution >= 0.6 is 0 Å². The summed E-state index contributed by atoms with van der Waals surface area (Å²) in [6.45, 7) is 0.711. The van der Waals surface area contributed by atoms with Crippen LogP contribution < -0.4 is 9.47 Å². The average Bonchev–Trinajstić information content (AvgIpc) is 3.31. The highest BCUT2D eigenvalue weighted by molar-refractivity contribution is 6.11. The van der Waals surface area contributed by atoms with E-state index in [9.17, 15) is 4.79 Å². The van der Waals surface area contributed by atoms with Gasteiger partial charge in [0.2, 0.25) is 0 Å². The third kappa shape index (κ3) is 3.95. The highest BCUT2D eigenvalue weighted by atomic mass is 16.5. The molecule has 0 amide bonds. The molecule has 1 aliphatic carbocycles. The van der Waals surface area contributed by atoms with Gasteiger partial charge in [-0.3, -0.25) is 4.79 Å². The summed E-state index contributed by atoms with van der Waals surface area (Å²) in [5, 5.41) is 1.11. The largest absolute Gasteiger partial charge is 0.488 e. The van der Waals surface area contributed by atoms with Gasteiger partial charge in [-0.2, -0.15) is 0 Å². The number of carbonyl (C=O) groups is 1. The lowest BCUT2D eigenvalue weighted by Crippen LogP contribution is -2.19. The van der Waals surface area contributed by atoms with E-state index in [1.807, 2.05) is 48.5 Å². The predicted molar refractivity (Wildman–Crippen MR) is 117 cm³/mol. The van der Waals surface area contributed by atoms with E-state index >= 15 is 0 Å². The first-order valence-corrected chi connectivity index (χ1v) is 10.7. The third-order valence-corrected chi connectivity index (χ3v) is 6.09. The van der Waals surface area contributed by atoms with E-state index in [4.69, 9.17) is 9.47 Å². The zero-order valence-electron chi connectivity index (χ0n) is 17.0. The minimum atomic E-state index is 0.0588. The van der Waals surface area contributed by atoms with Gasteiger partial charge in [0.1, 0.15) is 24.7 Å². The van der Waals surface area contributed by atoms with Crippen molar-refractivity contribution in [3.63, 3.8) is 0 Å². The van der Waals surface area contributed by atoms with Crippen molar-refractivity contribution in [2.45, 2.75) is 38.7 Å². The number of ketones is 1. The zero-order valence-corrected chi connectivity index (χ0v) is 17.0. The van der Waals surface area contributed by atoms with E-state index < -0.39 is 0 Å². The lowest BCUT2D eigenvalue weighted by molar-refractivity contribution is 0.0998. The normalized spacial score (nSPS) is 17.9. The molecule has 5 rings (SSSR count). The molecule has 1 fully saturated rings. The molecule has 0 radical (unpaired) electrons. The highest BCUT2D eigenvalue weighted by Crippen LogP contribution is 2.33. The first kappa shape index (κ1) is 18.9. The van der Waals surface area contributed by atoms with Crippen LogP contribution in [0.4, 0.5) is 0 Å². The van der Waals surface area contributed by atoms with Gasteiger partial charge in [-0.1, -0.05) is 56.0 Å². The number of aromatic nitrogens is 1. The number of benzene rings is 2. The van der Waals surface area contributed by atoms with Crippen LogP contribution in [-0.2, 0) is 6.61 Å². The fourth-order valence-corrected chi connectivity index (χ4v) is 4.35. The maximum absolute atomic E-state index is 13.0. The van der Waals surface area contributed by atoms with Crippen LogP contribution in [0.15, 0.2) is 66.2 Å². The lowest BCUT2D eigenvalue weighted by Gasteiger charge is -2.20. The minimum absolute atomic E-state index is 0.0588. The number of nitrogens with zero attached hydrogens (tertiary/aromatic N) is 1. The van der Waals surface area contributed by atoms with Crippen molar-refractivity contribution in [1.82, 2.24) is 4.98 Å². The van der Waals surface area contributed by atoms with E-state index in [1.165, 1.54) is 25.7 Å². The number of carbonyl (C=O) groups excluding carboxylic acids is 1. The van der Waals surface area contributed by atoms with Gasteiger partial charge in [-0.15, -0.1) is 0 Å². The summed E-state index contributed by atoms with van der Waals surface area (Å²) < 4.78 is 11.8. The predicted octanol–water partition coefficient (Wildman–Crippen LogP) is 5.90. The fourth-order valence-electron chi connectivity index (χ4n) is 4.35. The number of para-hydroxylation sites is 1. The lowest BCUT2D eigenvalue weighted by atomic mass is 9.96. The average molecular weight is 399 g/mol. The van der Waals surface area contributed by atoms with Gasteiger partial charge >= 0.3 is 0 Å². The second-order valence-corrected chi connectivity index (χ2v) is 8.18. The molecular weight excluding hydrogens is 374 g/mol. The van der Waals surface area contributed by atoms with Gasteiger partial charge in [-0.25, -0.2) is 4.98 Å². The van der Waals surface area contributed by atoms with E-state index in [0.29, 0.717) is 30.3 Å². The summed E-state index contributed by atoms with van der Waals surface area (Å²) >= 11 is 0. The summed E-state index contributed by atoms with van der Waals surface area (Å²) in [5.74, 6) is 2.06. The molecule has 0 atom stereocenters. The van der Waals surface area contributed by atoms with Crippen molar-refractivity contribution >= 4 is 16.7 Å². The molecule has 0 saturated heterocycles. The molecule has 2 heterocycles. The van der Waals surface area contributed by atoms with Crippen LogP contribution in [0.1, 0.15) is 48.2 Å². The molecule has 1 aromatic heterocycles. The van der Waals surface area contributed by atoms with Crippen LogP contribution in [0.5, 0.6) is 11.5 Å². The molecule has 3 aromatic rings. The number of Topliss-reactive ketones (excluding diaryl/α,β-unsaturated/α-hetero) is 1. The molecular formula is C26H25NO3. The van der Waals surface area contributed by atoms with Crippen molar-refractivity contribution in [2.24, 2.45) is 5.92 Å². The quantitative estimate of drug-likeness (QED) is 0.502. The smallest absolute Gasteiger partial charge is 0.195 e. The number of allylic oxidation sites excluding steroid dienone is 1. The second kappa shape index (κ2) is 8.31. The van der Waals surface area contributed by atoms with E-state index in [-0.39, 0.29) is 5.78 Å². The Balaban J connectivity index is 1.29. The first-order chi connectivity index (χ1) is 14.8. The Bertz CT molecular complexity index is 1110. The summed E-state index contributed by atoms with van der Waals surface area (Å²) in [5.41, 5.74) is 3.15. The standard InChI is InChI=1S/C26H25NO3/c28-26-20(10-9-18-5-1-2-6-18)16-30-25-14-13-22(15-23(25)26)29-17-21-12-11-19-7-3-4-8-24(19)27-21/h3-4,7-8,10-15,18H,1-2,5-6,9,16-17H2. The van der Waals surface area contributed by atoms with E-state index in [0.717, 1.165) is 34.5 Å². The van der Waals surface area contributed by atoms with Crippen LogP contribution in [-0.4, -0.2) is 17.4 Å². The Hall–Kier alpha value is -3.14. The summed E-state index contributed by atoms with van der Waals surface area (Å²) in [6, 6.07) is 17.5. The molecule has 4 nitrogen and oxygen atoms in total.